The van der Waals surface area contributed by atoms with E-state index in [2.05, 4.69) is 29.0 Å². The molecule has 2 atom stereocenters. The molecule has 18 heavy (non-hydrogen) atoms. The minimum Gasteiger partial charge on any atom is -0.352 e. The van der Waals surface area contributed by atoms with Crippen molar-refractivity contribution in [2.24, 2.45) is 0 Å². The van der Waals surface area contributed by atoms with E-state index in [9.17, 15) is 4.39 Å². The number of thioether (sulfide) groups is 1. The lowest BCUT2D eigenvalue weighted by molar-refractivity contribution is 0.580. The van der Waals surface area contributed by atoms with E-state index in [0.29, 0.717) is 28.4 Å². The Morgan fingerprint density at radius 1 is 1.44 bits per heavy atom. The van der Waals surface area contributed by atoms with E-state index in [1.54, 1.807) is 12.3 Å². The summed E-state index contributed by atoms with van der Waals surface area (Å²) in [7, 11) is 1.82. The van der Waals surface area contributed by atoms with Crippen molar-refractivity contribution >= 4 is 17.6 Å². The van der Waals surface area contributed by atoms with Gasteiger partial charge in [-0.25, -0.2) is 9.37 Å². The first-order valence-corrected chi connectivity index (χ1v) is 7.24. The Bertz CT molecular complexity index is 403. The number of hydrogen-bond acceptors (Lipinski definition) is 4. The number of nitrogens with zero attached hydrogens (tertiary/aromatic N) is 2. The maximum atomic E-state index is 14.3. The quantitative estimate of drug-likeness (QED) is 0.911. The highest BCUT2D eigenvalue weighted by Crippen LogP contribution is 2.29. The van der Waals surface area contributed by atoms with E-state index >= 15 is 0 Å². The van der Waals surface area contributed by atoms with Gasteiger partial charge < -0.3 is 10.2 Å². The average Bonchev–Trinajstić information content (AvgIpc) is 2.31. The van der Waals surface area contributed by atoms with Crippen molar-refractivity contribution < 1.29 is 4.39 Å². The summed E-state index contributed by atoms with van der Waals surface area (Å²) >= 11 is 1.96. The molecular formula is C13H20FN3S. The Kier molecular flexibility index (Phi) is 4.45. The SMILES string of the molecule is CNCc1ccnc(N2CC(C)SC(C)C2)c1F. The van der Waals surface area contributed by atoms with Gasteiger partial charge in [-0.1, -0.05) is 13.8 Å². The maximum absolute atomic E-state index is 14.3. The zero-order chi connectivity index (χ0) is 13.1. The lowest BCUT2D eigenvalue weighted by Crippen LogP contribution is -2.41. The van der Waals surface area contributed by atoms with Crippen LogP contribution in [0.3, 0.4) is 0 Å². The number of pyridine rings is 1. The van der Waals surface area contributed by atoms with Gasteiger partial charge in [0.2, 0.25) is 0 Å². The molecule has 0 saturated carbocycles. The molecular weight excluding hydrogens is 249 g/mol. The average molecular weight is 269 g/mol. The van der Waals surface area contributed by atoms with Crippen LogP contribution in [0.4, 0.5) is 10.2 Å². The molecule has 1 aromatic rings. The van der Waals surface area contributed by atoms with Crippen LogP contribution in [0.5, 0.6) is 0 Å². The normalized spacial score (nSPS) is 24.3. The zero-order valence-electron chi connectivity index (χ0n) is 11.1. The molecule has 1 saturated heterocycles. The van der Waals surface area contributed by atoms with Gasteiger partial charge in [-0.05, 0) is 13.1 Å². The molecule has 0 radical (unpaired) electrons. The molecule has 0 amide bonds. The fourth-order valence-corrected chi connectivity index (χ4v) is 3.69. The molecule has 0 aromatic carbocycles. The van der Waals surface area contributed by atoms with Crippen LogP contribution in [-0.4, -0.2) is 35.6 Å². The van der Waals surface area contributed by atoms with E-state index in [1.807, 2.05) is 18.8 Å². The van der Waals surface area contributed by atoms with E-state index in [-0.39, 0.29) is 5.82 Å². The minimum absolute atomic E-state index is 0.182. The fraction of sp³-hybridized carbons (Fsp3) is 0.615. The van der Waals surface area contributed by atoms with Gasteiger partial charge in [0.05, 0.1) is 0 Å². The monoisotopic (exact) mass is 269 g/mol. The molecule has 100 valence electrons. The molecule has 2 rings (SSSR count). The number of nitrogens with one attached hydrogen (secondary N) is 1. The number of hydrogen-bond donors (Lipinski definition) is 1. The van der Waals surface area contributed by atoms with Gasteiger partial charge >= 0.3 is 0 Å². The summed E-state index contributed by atoms with van der Waals surface area (Å²) in [5.74, 6) is 0.319. The Balaban J connectivity index is 2.24. The van der Waals surface area contributed by atoms with Crippen molar-refractivity contribution in [3.63, 3.8) is 0 Å². The third-order valence-electron chi connectivity index (χ3n) is 3.04. The molecule has 0 spiro atoms. The highest BCUT2D eigenvalue weighted by Gasteiger charge is 2.25. The van der Waals surface area contributed by atoms with Crippen molar-refractivity contribution in [1.82, 2.24) is 10.3 Å². The summed E-state index contributed by atoms with van der Waals surface area (Å²) < 4.78 is 14.3. The highest BCUT2D eigenvalue weighted by molar-refractivity contribution is 8.00. The molecule has 5 heteroatoms. The second kappa shape index (κ2) is 5.89. The summed E-state index contributed by atoms with van der Waals surface area (Å²) in [6.07, 6.45) is 1.70. The molecule has 0 aliphatic carbocycles. The van der Waals surface area contributed by atoms with Gasteiger partial charge in [0.1, 0.15) is 0 Å². The van der Waals surface area contributed by atoms with Crippen molar-refractivity contribution in [2.45, 2.75) is 30.9 Å². The largest absolute Gasteiger partial charge is 0.352 e. The van der Waals surface area contributed by atoms with Crippen LogP contribution in [0.1, 0.15) is 19.4 Å². The standard InChI is InChI=1S/C13H20FN3S/c1-9-7-17(8-10(2)18-9)13-12(14)11(6-15-3)4-5-16-13/h4-5,9-10,15H,6-8H2,1-3H3. The first-order chi connectivity index (χ1) is 8.61. The summed E-state index contributed by atoms with van der Waals surface area (Å²) in [5.41, 5.74) is 0.682. The predicted molar refractivity (Wildman–Crippen MR) is 75.7 cm³/mol. The molecule has 1 aliphatic rings. The van der Waals surface area contributed by atoms with Crippen LogP contribution in [0.15, 0.2) is 12.3 Å². The van der Waals surface area contributed by atoms with Crippen LogP contribution in [0.25, 0.3) is 0 Å². The van der Waals surface area contributed by atoms with E-state index in [1.165, 1.54) is 0 Å². The van der Waals surface area contributed by atoms with Crippen LogP contribution in [0.2, 0.25) is 0 Å². The second-order valence-corrected chi connectivity index (χ2v) is 6.68. The third-order valence-corrected chi connectivity index (χ3v) is 4.26. The zero-order valence-corrected chi connectivity index (χ0v) is 11.9. The first kappa shape index (κ1) is 13.6. The van der Waals surface area contributed by atoms with Gasteiger partial charge in [0, 0.05) is 41.9 Å². The molecule has 1 fully saturated rings. The van der Waals surface area contributed by atoms with Crippen molar-refractivity contribution in [2.75, 3.05) is 25.0 Å². The summed E-state index contributed by atoms with van der Waals surface area (Å²) in [5, 5.41) is 4.02. The predicted octanol–water partition coefficient (Wildman–Crippen LogP) is 2.27. The fourth-order valence-electron chi connectivity index (χ4n) is 2.37. The highest BCUT2D eigenvalue weighted by atomic mass is 32.2. The number of aromatic nitrogens is 1. The molecule has 2 unspecified atom stereocenters. The molecule has 1 N–H and O–H groups in total. The van der Waals surface area contributed by atoms with Crippen LogP contribution >= 0.6 is 11.8 Å². The Morgan fingerprint density at radius 3 is 2.72 bits per heavy atom. The van der Waals surface area contributed by atoms with Crippen LogP contribution in [-0.2, 0) is 6.54 Å². The third kappa shape index (κ3) is 2.95. The molecule has 3 nitrogen and oxygen atoms in total. The van der Waals surface area contributed by atoms with E-state index in [0.717, 1.165) is 13.1 Å². The topological polar surface area (TPSA) is 28.2 Å². The number of rotatable bonds is 3. The summed E-state index contributed by atoms with van der Waals surface area (Å²) in [4.78, 5) is 6.30. The van der Waals surface area contributed by atoms with E-state index < -0.39 is 0 Å². The van der Waals surface area contributed by atoms with Crippen LogP contribution in [0, 0.1) is 5.82 Å². The number of anilines is 1. The Hall–Kier alpha value is -0.810. The minimum atomic E-state index is -0.182. The van der Waals surface area contributed by atoms with Gasteiger partial charge in [0.25, 0.3) is 0 Å². The summed E-state index contributed by atoms with van der Waals surface area (Å²) in [6.45, 7) is 6.63. The second-order valence-electron chi connectivity index (χ2n) is 4.80. The molecule has 0 bridgehead atoms. The molecule has 1 aromatic heterocycles. The Labute approximate surface area is 112 Å². The molecule has 2 heterocycles. The van der Waals surface area contributed by atoms with E-state index in [4.69, 9.17) is 0 Å². The van der Waals surface area contributed by atoms with Gasteiger partial charge in [-0.15, -0.1) is 0 Å². The molecule has 1 aliphatic heterocycles. The lowest BCUT2D eigenvalue weighted by atomic mass is 10.2. The maximum Gasteiger partial charge on any atom is 0.170 e. The van der Waals surface area contributed by atoms with Gasteiger partial charge in [0.15, 0.2) is 11.6 Å². The van der Waals surface area contributed by atoms with Crippen LogP contribution < -0.4 is 10.2 Å². The smallest absolute Gasteiger partial charge is 0.170 e. The number of halogens is 1. The van der Waals surface area contributed by atoms with Gasteiger partial charge in [-0.3, -0.25) is 0 Å². The van der Waals surface area contributed by atoms with Crippen molar-refractivity contribution in [3.8, 4) is 0 Å². The summed E-state index contributed by atoms with van der Waals surface area (Å²) in [6, 6.07) is 1.74. The van der Waals surface area contributed by atoms with Gasteiger partial charge in [-0.2, -0.15) is 11.8 Å². The Morgan fingerprint density at radius 2 is 2.11 bits per heavy atom. The van der Waals surface area contributed by atoms with Crippen molar-refractivity contribution in [3.05, 3.63) is 23.6 Å². The van der Waals surface area contributed by atoms with Crippen molar-refractivity contribution in [1.29, 1.82) is 0 Å². The lowest BCUT2D eigenvalue weighted by Gasteiger charge is -2.35. The first-order valence-electron chi connectivity index (χ1n) is 6.30.